The summed E-state index contributed by atoms with van der Waals surface area (Å²) in [5, 5.41) is 3.18. The Hall–Kier alpha value is -2.53. The highest BCUT2D eigenvalue weighted by molar-refractivity contribution is 5.98. The Kier molecular flexibility index (Phi) is 5.21. The molecule has 1 rings (SSSR count). The molecular weight excluding hydrogens is 238 g/mol. The van der Waals surface area contributed by atoms with Crippen molar-refractivity contribution in [2.45, 2.75) is 0 Å². The monoisotopic (exact) mass is 249 g/mol. The van der Waals surface area contributed by atoms with E-state index in [0.717, 1.165) is 0 Å². The number of esters is 1. The Morgan fingerprint density at radius 2 is 2.22 bits per heavy atom. The molecule has 94 valence electrons. The van der Waals surface area contributed by atoms with Gasteiger partial charge in [-0.15, -0.1) is 0 Å². The van der Waals surface area contributed by atoms with E-state index in [0.29, 0.717) is 11.3 Å². The zero-order chi connectivity index (χ0) is 13.4. The van der Waals surface area contributed by atoms with Crippen LogP contribution in [0, 0.1) is 0 Å². The summed E-state index contributed by atoms with van der Waals surface area (Å²) < 4.78 is 9.54. The number of carbonyl (C=O) groups excluding carboxylic acids is 2. The Labute approximate surface area is 103 Å². The predicted octanol–water partition coefficient (Wildman–Crippen LogP) is 1.73. The van der Waals surface area contributed by atoms with Crippen LogP contribution < -0.4 is 4.74 Å². The van der Waals surface area contributed by atoms with Crippen LogP contribution in [0.3, 0.4) is 0 Å². The molecule has 0 amide bonds. The second-order valence-corrected chi connectivity index (χ2v) is 3.20. The van der Waals surface area contributed by atoms with Gasteiger partial charge in [-0.05, 0) is 17.7 Å². The highest BCUT2D eigenvalue weighted by atomic mass is 16.6. The fourth-order valence-electron chi connectivity index (χ4n) is 1.15. The summed E-state index contributed by atoms with van der Waals surface area (Å²) in [5.74, 6) is -0.468. The van der Waals surface area contributed by atoms with E-state index in [9.17, 15) is 9.59 Å². The summed E-state index contributed by atoms with van der Waals surface area (Å²) in [6.45, 7) is -0.485. The van der Waals surface area contributed by atoms with E-state index < -0.39 is 5.97 Å². The normalized spacial score (nSPS) is 9.17. The first-order valence-corrected chi connectivity index (χ1v) is 5.01. The molecule has 0 saturated carbocycles. The van der Waals surface area contributed by atoms with Gasteiger partial charge in [0.2, 0.25) is 0 Å². The van der Waals surface area contributed by atoms with Crippen molar-refractivity contribution < 1.29 is 19.1 Å². The molecule has 1 aromatic rings. The van der Waals surface area contributed by atoms with Crippen LogP contribution in [-0.4, -0.2) is 32.0 Å². The highest BCUT2D eigenvalue weighted by Gasteiger charge is 2.07. The number of rotatable bonds is 6. The minimum Gasteiger partial charge on any atom is -0.482 e. The topological polar surface area (TPSA) is 101 Å². The van der Waals surface area contributed by atoms with Gasteiger partial charge in [0, 0.05) is 10.5 Å². The van der Waals surface area contributed by atoms with Crippen molar-refractivity contribution in [3.63, 3.8) is 0 Å². The van der Waals surface area contributed by atoms with E-state index in [1.165, 1.54) is 13.2 Å². The standard InChI is InChI=1S/C11H11N3O4/c1-17-11(16)7-18-9-4-2-3-8(5-9)10(15)6-13-14-12/h2-5H,6-7H2,1H3. The summed E-state index contributed by atoms with van der Waals surface area (Å²) in [5.41, 5.74) is 8.47. The van der Waals surface area contributed by atoms with E-state index in [1.54, 1.807) is 18.2 Å². The van der Waals surface area contributed by atoms with Gasteiger partial charge in [0.25, 0.3) is 0 Å². The number of nitrogens with zero attached hydrogens (tertiary/aromatic N) is 3. The molecule has 0 unspecified atom stereocenters. The maximum Gasteiger partial charge on any atom is 0.343 e. The number of ketones is 1. The fraction of sp³-hybridized carbons (Fsp3) is 0.273. The Morgan fingerprint density at radius 3 is 2.89 bits per heavy atom. The first kappa shape index (κ1) is 13.5. The average molecular weight is 249 g/mol. The Balaban J connectivity index is 2.69. The maximum absolute atomic E-state index is 11.5. The van der Waals surface area contributed by atoms with Gasteiger partial charge in [0.05, 0.1) is 13.7 Å². The van der Waals surface area contributed by atoms with Crippen molar-refractivity contribution >= 4 is 11.8 Å². The summed E-state index contributed by atoms with van der Waals surface area (Å²) in [4.78, 5) is 24.9. The van der Waals surface area contributed by atoms with Crippen LogP contribution in [0.4, 0.5) is 0 Å². The van der Waals surface area contributed by atoms with E-state index >= 15 is 0 Å². The molecule has 0 spiro atoms. The molecule has 0 N–H and O–H groups in total. The molecular formula is C11H11N3O4. The number of Topliss-reactive ketones (excluding diaryl/α,β-unsaturated/α-hetero) is 1. The minimum atomic E-state index is -0.513. The molecule has 7 heteroatoms. The van der Waals surface area contributed by atoms with Gasteiger partial charge in [-0.2, -0.15) is 0 Å². The van der Waals surface area contributed by atoms with Crippen molar-refractivity contribution in [1.82, 2.24) is 0 Å². The molecule has 0 aliphatic heterocycles. The van der Waals surface area contributed by atoms with E-state index in [-0.39, 0.29) is 18.9 Å². The fourth-order valence-corrected chi connectivity index (χ4v) is 1.15. The zero-order valence-corrected chi connectivity index (χ0v) is 9.70. The molecule has 7 nitrogen and oxygen atoms in total. The summed E-state index contributed by atoms with van der Waals surface area (Å²) in [6.07, 6.45) is 0. The second kappa shape index (κ2) is 6.93. The number of hydrogen-bond donors (Lipinski definition) is 0. The molecule has 0 radical (unpaired) electrons. The van der Waals surface area contributed by atoms with Gasteiger partial charge in [0.1, 0.15) is 5.75 Å². The molecule has 0 saturated heterocycles. The van der Waals surface area contributed by atoms with Crippen molar-refractivity contribution in [3.8, 4) is 5.75 Å². The number of hydrogen-bond acceptors (Lipinski definition) is 5. The van der Waals surface area contributed by atoms with E-state index in [1.807, 2.05) is 0 Å². The lowest BCUT2D eigenvalue weighted by Gasteiger charge is -2.05. The van der Waals surface area contributed by atoms with Gasteiger partial charge in [-0.25, -0.2) is 4.79 Å². The SMILES string of the molecule is COC(=O)COc1cccc(C(=O)CN=[N+]=[N-])c1. The third-order valence-electron chi connectivity index (χ3n) is 2.02. The molecule has 1 aromatic carbocycles. The van der Waals surface area contributed by atoms with E-state index in [2.05, 4.69) is 14.8 Å². The smallest absolute Gasteiger partial charge is 0.343 e. The lowest BCUT2D eigenvalue weighted by atomic mass is 10.1. The number of methoxy groups -OCH3 is 1. The van der Waals surface area contributed by atoms with E-state index in [4.69, 9.17) is 10.3 Å². The summed E-state index contributed by atoms with van der Waals surface area (Å²) in [7, 11) is 1.26. The molecule has 18 heavy (non-hydrogen) atoms. The largest absolute Gasteiger partial charge is 0.482 e. The molecule has 0 aromatic heterocycles. The number of azide groups is 1. The number of ether oxygens (including phenoxy) is 2. The van der Waals surface area contributed by atoms with Crippen LogP contribution in [0.25, 0.3) is 10.4 Å². The number of carbonyl (C=O) groups is 2. The maximum atomic E-state index is 11.5. The van der Waals surface area contributed by atoms with Crippen LogP contribution in [0.5, 0.6) is 5.75 Å². The van der Waals surface area contributed by atoms with Gasteiger partial charge < -0.3 is 9.47 Å². The summed E-state index contributed by atoms with van der Waals surface area (Å²) >= 11 is 0. The van der Waals surface area contributed by atoms with Crippen LogP contribution in [-0.2, 0) is 9.53 Å². The lowest BCUT2D eigenvalue weighted by Crippen LogP contribution is -2.12. The summed E-state index contributed by atoms with van der Waals surface area (Å²) in [6, 6.07) is 6.25. The molecule has 0 aliphatic rings. The van der Waals surface area contributed by atoms with Gasteiger partial charge in [-0.1, -0.05) is 17.2 Å². The molecule has 0 atom stereocenters. The van der Waals surface area contributed by atoms with Crippen molar-refractivity contribution in [3.05, 3.63) is 40.3 Å². The molecule has 0 aliphatic carbocycles. The average Bonchev–Trinajstić information content (AvgIpc) is 2.42. The quantitative estimate of drug-likeness (QED) is 0.252. The van der Waals surface area contributed by atoms with Gasteiger partial charge >= 0.3 is 5.97 Å². The van der Waals surface area contributed by atoms with Crippen molar-refractivity contribution in [1.29, 1.82) is 0 Å². The molecule has 0 bridgehead atoms. The molecule has 0 heterocycles. The van der Waals surface area contributed by atoms with Crippen molar-refractivity contribution in [2.75, 3.05) is 20.3 Å². The highest BCUT2D eigenvalue weighted by Crippen LogP contribution is 2.14. The minimum absolute atomic E-state index is 0.232. The van der Waals surface area contributed by atoms with Crippen LogP contribution in [0.2, 0.25) is 0 Å². The number of benzene rings is 1. The Bertz CT molecular complexity index is 495. The first-order chi connectivity index (χ1) is 8.67. The zero-order valence-electron chi connectivity index (χ0n) is 9.70. The third kappa shape index (κ3) is 4.15. The Morgan fingerprint density at radius 1 is 1.44 bits per heavy atom. The van der Waals surface area contributed by atoms with Crippen molar-refractivity contribution in [2.24, 2.45) is 5.11 Å². The van der Waals surface area contributed by atoms with Crippen LogP contribution in [0.1, 0.15) is 10.4 Å². The van der Waals surface area contributed by atoms with Crippen LogP contribution >= 0.6 is 0 Å². The first-order valence-electron chi connectivity index (χ1n) is 5.01. The van der Waals surface area contributed by atoms with Crippen LogP contribution in [0.15, 0.2) is 29.4 Å². The van der Waals surface area contributed by atoms with Gasteiger partial charge in [0.15, 0.2) is 12.4 Å². The third-order valence-corrected chi connectivity index (χ3v) is 2.02. The molecule has 0 fully saturated rings. The predicted molar refractivity (Wildman–Crippen MR) is 62.3 cm³/mol. The lowest BCUT2D eigenvalue weighted by molar-refractivity contribution is -0.142. The van der Waals surface area contributed by atoms with Gasteiger partial charge in [-0.3, -0.25) is 4.79 Å². The second-order valence-electron chi connectivity index (χ2n) is 3.20.